The van der Waals surface area contributed by atoms with Crippen LogP contribution in [-0.4, -0.2) is 42.9 Å². The van der Waals surface area contributed by atoms with Gasteiger partial charge >= 0.3 is 0 Å². The topological polar surface area (TPSA) is 57.7 Å². The molecule has 2 aliphatic heterocycles. The number of aliphatic hydroxyl groups excluding tert-OH is 1. The summed E-state index contributed by atoms with van der Waals surface area (Å²) in [7, 11) is 4.42. The molecular weight excluding hydrogens is 340 g/mol. The molecule has 2 aliphatic rings. The van der Waals surface area contributed by atoms with Crippen LogP contribution in [0.15, 0.2) is 36.4 Å². The van der Waals surface area contributed by atoms with E-state index in [-0.39, 0.29) is 0 Å². The van der Waals surface area contributed by atoms with Gasteiger partial charge in [-0.05, 0) is 47.7 Å². The average Bonchev–Trinajstić information content (AvgIpc) is 3.10. The Morgan fingerprint density at radius 3 is 2.59 bits per heavy atom. The molecule has 1 aromatic heterocycles. The molecule has 3 heterocycles. The number of aromatic amines is 1. The lowest BCUT2D eigenvalue weighted by Crippen LogP contribution is -2.39. The van der Waals surface area contributed by atoms with E-state index >= 15 is 0 Å². The van der Waals surface area contributed by atoms with Crippen LogP contribution < -0.4 is 9.47 Å². The third kappa shape index (κ3) is 2.87. The molecule has 5 heteroatoms. The van der Waals surface area contributed by atoms with E-state index in [0.29, 0.717) is 6.04 Å². The molecule has 0 radical (unpaired) electrons. The summed E-state index contributed by atoms with van der Waals surface area (Å²) in [5.41, 5.74) is 6.88. The van der Waals surface area contributed by atoms with Crippen LogP contribution in [0.2, 0.25) is 0 Å². The summed E-state index contributed by atoms with van der Waals surface area (Å²) in [6.07, 6.45) is 2.10. The van der Waals surface area contributed by atoms with Crippen molar-refractivity contribution in [2.45, 2.75) is 25.4 Å². The monoisotopic (exact) mass is 366 g/mol. The van der Waals surface area contributed by atoms with E-state index in [0.717, 1.165) is 44.5 Å². The third-order valence-electron chi connectivity index (χ3n) is 5.77. The highest BCUT2D eigenvalue weighted by Gasteiger charge is 2.34. The number of H-pyrrole nitrogens is 1. The Labute approximate surface area is 159 Å². The minimum atomic E-state index is 0.412. The smallest absolute Gasteiger partial charge is 0.161 e. The minimum absolute atomic E-state index is 0.412. The van der Waals surface area contributed by atoms with Gasteiger partial charge in [0.05, 0.1) is 14.2 Å². The number of hydrogen-bond donors (Lipinski definition) is 2. The quantitative estimate of drug-likeness (QED) is 0.729. The summed E-state index contributed by atoms with van der Waals surface area (Å²) in [6, 6.07) is 13.4. The number of para-hydroxylation sites is 1. The van der Waals surface area contributed by atoms with E-state index in [2.05, 4.69) is 46.3 Å². The predicted molar refractivity (Wildman–Crippen MR) is 107 cm³/mol. The highest BCUT2D eigenvalue weighted by atomic mass is 16.5. The molecule has 5 rings (SSSR count). The molecule has 0 amide bonds. The van der Waals surface area contributed by atoms with Crippen molar-refractivity contribution in [3.05, 3.63) is 58.8 Å². The number of aliphatic hydroxyl groups is 1. The van der Waals surface area contributed by atoms with E-state index in [4.69, 9.17) is 14.6 Å². The first kappa shape index (κ1) is 17.9. The molecule has 0 spiro atoms. The first-order chi connectivity index (χ1) is 13.3. The van der Waals surface area contributed by atoms with E-state index < -0.39 is 0 Å². The number of ether oxygens (including phenoxy) is 2. The lowest BCUT2D eigenvalue weighted by atomic mass is 9.85. The van der Waals surface area contributed by atoms with Crippen molar-refractivity contribution in [3.63, 3.8) is 0 Å². The molecule has 0 bridgehead atoms. The van der Waals surface area contributed by atoms with Crippen LogP contribution in [0.3, 0.4) is 0 Å². The van der Waals surface area contributed by atoms with Crippen LogP contribution in [0.1, 0.15) is 28.4 Å². The Kier molecular flexibility index (Phi) is 4.81. The van der Waals surface area contributed by atoms with Crippen molar-refractivity contribution in [1.29, 1.82) is 0 Å². The maximum Gasteiger partial charge on any atom is 0.161 e. The molecule has 142 valence electrons. The minimum Gasteiger partial charge on any atom is -0.493 e. The second-order valence-electron chi connectivity index (χ2n) is 6.97. The fourth-order valence-corrected chi connectivity index (χ4v) is 4.53. The van der Waals surface area contributed by atoms with Crippen LogP contribution in [0.5, 0.6) is 11.5 Å². The fraction of sp³-hybridized carbons (Fsp3) is 0.364. The molecule has 0 saturated carbocycles. The largest absolute Gasteiger partial charge is 0.493 e. The Morgan fingerprint density at radius 2 is 1.81 bits per heavy atom. The van der Waals surface area contributed by atoms with E-state index in [9.17, 15) is 0 Å². The SMILES string of the molecule is CO.COc1cc2c(cc1OC)[C@H]1Cc3c([nH]c4ccccc34)CN1CC2. The Hall–Kier alpha value is -2.50. The Balaban J connectivity index is 0.000000872. The summed E-state index contributed by atoms with van der Waals surface area (Å²) < 4.78 is 11.1. The second kappa shape index (κ2) is 7.25. The van der Waals surface area contributed by atoms with Gasteiger partial charge in [0.25, 0.3) is 0 Å². The maximum atomic E-state index is 7.00. The standard InChI is InChI=1S/C21H22N2O2.CH4O/c1-24-20-9-13-7-8-23-12-18-16(14-5-3-4-6-17(14)22-18)10-19(23)15(13)11-21(20)25-2;1-2/h3-6,9,11,19,22H,7-8,10,12H2,1-2H3;2H,1H3/t19-;/m1./s1. The predicted octanol–water partition coefficient (Wildman–Crippen LogP) is 3.45. The number of methoxy groups -OCH3 is 2. The van der Waals surface area contributed by atoms with E-state index in [1.807, 2.05) is 0 Å². The van der Waals surface area contributed by atoms with E-state index in [1.54, 1.807) is 14.2 Å². The number of fused-ring (bicyclic) bond motifs is 6. The molecule has 3 aromatic rings. The number of hydrogen-bond acceptors (Lipinski definition) is 4. The first-order valence-corrected chi connectivity index (χ1v) is 9.30. The summed E-state index contributed by atoms with van der Waals surface area (Å²) in [4.78, 5) is 6.22. The first-order valence-electron chi connectivity index (χ1n) is 9.30. The van der Waals surface area contributed by atoms with E-state index in [1.165, 1.54) is 33.3 Å². The summed E-state index contributed by atoms with van der Waals surface area (Å²) in [5, 5.41) is 8.37. The van der Waals surface area contributed by atoms with Crippen molar-refractivity contribution in [1.82, 2.24) is 9.88 Å². The molecule has 2 N–H and O–H groups in total. The van der Waals surface area contributed by atoms with Crippen LogP contribution >= 0.6 is 0 Å². The molecular formula is C22H26N2O3. The van der Waals surface area contributed by atoms with Gasteiger partial charge in [-0.2, -0.15) is 0 Å². The van der Waals surface area contributed by atoms with Crippen molar-refractivity contribution in [2.24, 2.45) is 0 Å². The zero-order chi connectivity index (χ0) is 19.0. The average molecular weight is 366 g/mol. The number of benzene rings is 2. The normalized spacial score (nSPS) is 18.0. The van der Waals surface area contributed by atoms with Crippen molar-refractivity contribution >= 4 is 10.9 Å². The molecule has 0 saturated heterocycles. The summed E-state index contributed by atoms with van der Waals surface area (Å²) >= 11 is 0. The Morgan fingerprint density at radius 1 is 1.07 bits per heavy atom. The second-order valence-corrected chi connectivity index (χ2v) is 6.97. The van der Waals surface area contributed by atoms with Crippen LogP contribution in [0, 0.1) is 0 Å². The number of nitrogens with one attached hydrogen (secondary N) is 1. The number of rotatable bonds is 2. The number of nitrogens with zero attached hydrogens (tertiary/aromatic N) is 1. The van der Waals surface area contributed by atoms with Gasteiger partial charge in [-0.15, -0.1) is 0 Å². The number of aromatic nitrogens is 1. The fourth-order valence-electron chi connectivity index (χ4n) is 4.53. The zero-order valence-electron chi connectivity index (χ0n) is 16.1. The summed E-state index contributed by atoms with van der Waals surface area (Å²) in [5.74, 6) is 1.66. The lowest BCUT2D eigenvalue weighted by Gasteiger charge is -2.40. The maximum absolute atomic E-state index is 7.00. The van der Waals surface area contributed by atoms with Gasteiger partial charge in [0.15, 0.2) is 11.5 Å². The van der Waals surface area contributed by atoms with Gasteiger partial charge in [-0.25, -0.2) is 0 Å². The Bertz CT molecular complexity index is 964. The highest BCUT2D eigenvalue weighted by Crippen LogP contribution is 2.43. The molecule has 0 aliphatic carbocycles. The van der Waals surface area contributed by atoms with Gasteiger partial charge < -0.3 is 19.6 Å². The highest BCUT2D eigenvalue weighted by molar-refractivity contribution is 5.85. The van der Waals surface area contributed by atoms with Gasteiger partial charge in [0.1, 0.15) is 0 Å². The van der Waals surface area contributed by atoms with Crippen LogP contribution in [-0.2, 0) is 19.4 Å². The lowest BCUT2D eigenvalue weighted by molar-refractivity contribution is 0.159. The molecule has 0 fully saturated rings. The van der Waals surface area contributed by atoms with Crippen LogP contribution in [0.4, 0.5) is 0 Å². The molecule has 5 nitrogen and oxygen atoms in total. The molecule has 27 heavy (non-hydrogen) atoms. The summed E-state index contributed by atoms with van der Waals surface area (Å²) in [6.45, 7) is 2.07. The van der Waals surface area contributed by atoms with Crippen molar-refractivity contribution < 1.29 is 14.6 Å². The van der Waals surface area contributed by atoms with Crippen LogP contribution in [0.25, 0.3) is 10.9 Å². The van der Waals surface area contributed by atoms with Gasteiger partial charge in [0.2, 0.25) is 0 Å². The van der Waals surface area contributed by atoms with Crippen molar-refractivity contribution in [3.8, 4) is 11.5 Å². The molecule has 2 aromatic carbocycles. The zero-order valence-corrected chi connectivity index (χ0v) is 16.1. The molecule has 1 atom stereocenters. The van der Waals surface area contributed by atoms with Crippen molar-refractivity contribution in [2.75, 3.05) is 27.9 Å². The van der Waals surface area contributed by atoms with Gasteiger partial charge in [0, 0.05) is 42.8 Å². The van der Waals surface area contributed by atoms with Gasteiger partial charge in [-0.1, -0.05) is 18.2 Å². The molecule has 0 unspecified atom stereocenters. The van der Waals surface area contributed by atoms with Gasteiger partial charge in [-0.3, -0.25) is 4.90 Å². The third-order valence-corrected chi connectivity index (χ3v) is 5.77.